The van der Waals surface area contributed by atoms with Gasteiger partial charge >= 0.3 is 0 Å². The van der Waals surface area contributed by atoms with Crippen molar-refractivity contribution >= 4 is 5.78 Å². The van der Waals surface area contributed by atoms with Gasteiger partial charge in [0, 0.05) is 17.7 Å². The monoisotopic (exact) mass is 251 g/mol. The Morgan fingerprint density at radius 1 is 1.11 bits per heavy atom. The third kappa shape index (κ3) is 2.32. The second-order valence-electron chi connectivity index (χ2n) is 5.05. The molecular weight excluding hydrogens is 234 g/mol. The number of hydrogen-bond donors (Lipinski definition) is 1. The lowest BCUT2D eigenvalue weighted by atomic mass is 9.94. The fourth-order valence-electron chi connectivity index (χ4n) is 2.60. The maximum Gasteiger partial charge on any atom is 0.193 e. The number of aryl methyl sites for hydroxylation is 1. The van der Waals surface area contributed by atoms with Crippen LogP contribution in [-0.2, 0) is 13.0 Å². The van der Waals surface area contributed by atoms with E-state index in [4.69, 9.17) is 0 Å². The minimum atomic E-state index is 0.117. The van der Waals surface area contributed by atoms with Crippen LogP contribution in [-0.4, -0.2) is 12.3 Å². The molecule has 1 aliphatic heterocycles. The second-order valence-corrected chi connectivity index (χ2v) is 5.05. The Kier molecular flexibility index (Phi) is 3.18. The van der Waals surface area contributed by atoms with Gasteiger partial charge in [-0.15, -0.1) is 0 Å². The third-order valence-corrected chi connectivity index (χ3v) is 3.74. The molecule has 2 aromatic carbocycles. The number of rotatable bonds is 2. The van der Waals surface area contributed by atoms with E-state index in [0.29, 0.717) is 0 Å². The molecular formula is C17H17NO. The first-order valence-electron chi connectivity index (χ1n) is 6.68. The van der Waals surface area contributed by atoms with Crippen molar-refractivity contribution in [1.82, 2.24) is 5.32 Å². The highest BCUT2D eigenvalue weighted by Crippen LogP contribution is 2.19. The Morgan fingerprint density at radius 2 is 1.95 bits per heavy atom. The molecule has 0 saturated heterocycles. The molecule has 96 valence electrons. The molecule has 0 amide bonds. The summed E-state index contributed by atoms with van der Waals surface area (Å²) in [7, 11) is 0. The summed E-state index contributed by atoms with van der Waals surface area (Å²) in [6.45, 7) is 3.87. The normalized spacial score (nSPS) is 13.9. The SMILES string of the molecule is Cc1ccccc1C(=O)c1ccc2c(c1)CNCC2. The molecule has 1 N–H and O–H groups in total. The summed E-state index contributed by atoms with van der Waals surface area (Å²) in [5, 5.41) is 3.35. The number of carbonyl (C=O) groups excluding carboxylic acids is 1. The van der Waals surface area contributed by atoms with Crippen LogP contribution in [0.5, 0.6) is 0 Å². The maximum absolute atomic E-state index is 12.5. The summed E-state index contributed by atoms with van der Waals surface area (Å²) in [6, 6.07) is 13.8. The lowest BCUT2D eigenvalue weighted by Gasteiger charge is -2.17. The highest BCUT2D eigenvalue weighted by molar-refractivity contribution is 6.10. The Hall–Kier alpha value is -1.93. The number of hydrogen-bond acceptors (Lipinski definition) is 2. The topological polar surface area (TPSA) is 29.1 Å². The number of ketones is 1. The molecule has 19 heavy (non-hydrogen) atoms. The van der Waals surface area contributed by atoms with Gasteiger partial charge in [-0.1, -0.05) is 36.4 Å². The summed E-state index contributed by atoms with van der Waals surface area (Å²) in [4.78, 5) is 12.5. The summed E-state index contributed by atoms with van der Waals surface area (Å²) in [6.07, 6.45) is 1.05. The average Bonchev–Trinajstić information content (AvgIpc) is 2.46. The van der Waals surface area contributed by atoms with Crippen molar-refractivity contribution in [2.75, 3.05) is 6.54 Å². The molecule has 0 spiro atoms. The van der Waals surface area contributed by atoms with E-state index in [1.54, 1.807) is 0 Å². The molecule has 0 fully saturated rings. The van der Waals surface area contributed by atoms with E-state index in [9.17, 15) is 4.79 Å². The van der Waals surface area contributed by atoms with Crippen molar-refractivity contribution in [2.45, 2.75) is 19.9 Å². The van der Waals surface area contributed by atoms with Gasteiger partial charge < -0.3 is 5.32 Å². The maximum atomic E-state index is 12.5. The Morgan fingerprint density at radius 3 is 2.79 bits per heavy atom. The number of carbonyl (C=O) groups is 1. The molecule has 3 rings (SSSR count). The van der Waals surface area contributed by atoms with E-state index in [-0.39, 0.29) is 5.78 Å². The molecule has 2 aromatic rings. The van der Waals surface area contributed by atoms with Crippen LogP contribution >= 0.6 is 0 Å². The molecule has 0 bridgehead atoms. The molecule has 2 heteroatoms. The van der Waals surface area contributed by atoms with Crippen molar-refractivity contribution in [3.05, 3.63) is 70.3 Å². The Balaban J connectivity index is 1.98. The molecule has 1 heterocycles. The van der Waals surface area contributed by atoms with Crippen molar-refractivity contribution in [1.29, 1.82) is 0 Å². The van der Waals surface area contributed by atoms with Crippen LogP contribution in [0.3, 0.4) is 0 Å². The summed E-state index contributed by atoms with van der Waals surface area (Å²) in [5.41, 5.74) is 5.23. The Labute approximate surface area is 113 Å². The summed E-state index contributed by atoms with van der Waals surface area (Å²) < 4.78 is 0. The van der Waals surface area contributed by atoms with Crippen LogP contribution in [0.4, 0.5) is 0 Å². The largest absolute Gasteiger partial charge is 0.312 e. The van der Waals surface area contributed by atoms with Crippen molar-refractivity contribution in [3.8, 4) is 0 Å². The molecule has 0 aliphatic carbocycles. The molecule has 2 nitrogen and oxygen atoms in total. The standard InChI is InChI=1S/C17H17NO/c1-12-4-2-3-5-16(12)17(19)14-7-6-13-8-9-18-11-15(13)10-14/h2-7,10,18H,8-9,11H2,1H3. The van der Waals surface area contributed by atoms with Gasteiger partial charge in [0.15, 0.2) is 5.78 Å². The third-order valence-electron chi connectivity index (χ3n) is 3.74. The predicted molar refractivity (Wildman–Crippen MR) is 76.5 cm³/mol. The number of fused-ring (bicyclic) bond motifs is 1. The van der Waals surface area contributed by atoms with E-state index in [1.165, 1.54) is 11.1 Å². The van der Waals surface area contributed by atoms with Crippen molar-refractivity contribution in [2.24, 2.45) is 0 Å². The van der Waals surface area contributed by atoms with E-state index >= 15 is 0 Å². The predicted octanol–water partition coefficient (Wildman–Crippen LogP) is 2.87. The van der Waals surface area contributed by atoms with E-state index in [1.807, 2.05) is 43.3 Å². The summed E-state index contributed by atoms with van der Waals surface area (Å²) in [5.74, 6) is 0.117. The number of benzene rings is 2. The quantitative estimate of drug-likeness (QED) is 0.832. The molecule has 0 radical (unpaired) electrons. The zero-order valence-corrected chi connectivity index (χ0v) is 11.1. The highest BCUT2D eigenvalue weighted by atomic mass is 16.1. The molecule has 1 aliphatic rings. The van der Waals surface area contributed by atoms with Crippen LogP contribution in [0.25, 0.3) is 0 Å². The van der Waals surface area contributed by atoms with Gasteiger partial charge in [-0.05, 0) is 42.6 Å². The first kappa shape index (κ1) is 12.1. The first-order valence-corrected chi connectivity index (χ1v) is 6.68. The van der Waals surface area contributed by atoms with Crippen molar-refractivity contribution < 1.29 is 4.79 Å². The lowest BCUT2D eigenvalue weighted by Crippen LogP contribution is -2.23. The van der Waals surface area contributed by atoms with Gasteiger partial charge in [0.2, 0.25) is 0 Å². The van der Waals surface area contributed by atoms with Gasteiger partial charge in [-0.2, -0.15) is 0 Å². The smallest absolute Gasteiger partial charge is 0.193 e. The van der Waals surface area contributed by atoms with Gasteiger partial charge in [0.25, 0.3) is 0 Å². The lowest BCUT2D eigenvalue weighted by molar-refractivity contribution is 0.103. The van der Waals surface area contributed by atoms with Gasteiger partial charge in [-0.3, -0.25) is 4.79 Å². The van der Waals surface area contributed by atoms with Crippen LogP contribution in [0.1, 0.15) is 32.6 Å². The minimum Gasteiger partial charge on any atom is -0.312 e. The van der Waals surface area contributed by atoms with Gasteiger partial charge in [0.05, 0.1) is 0 Å². The van der Waals surface area contributed by atoms with E-state index in [2.05, 4.69) is 11.4 Å². The van der Waals surface area contributed by atoms with Crippen molar-refractivity contribution in [3.63, 3.8) is 0 Å². The highest BCUT2D eigenvalue weighted by Gasteiger charge is 2.14. The van der Waals surface area contributed by atoms with Crippen LogP contribution in [0.15, 0.2) is 42.5 Å². The fourth-order valence-corrected chi connectivity index (χ4v) is 2.60. The molecule has 0 aromatic heterocycles. The minimum absolute atomic E-state index is 0.117. The average molecular weight is 251 g/mol. The van der Waals surface area contributed by atoms with E-state index in [0.717, 1.165) is 36.2 Å². The first-order chi connectivity index (χ1) is 9.25. The molecule has 0 unspecified atom stereocenters. The van der Waals surface area contributed by atoms with Crippen LogP contribution in [0, 0.1) is 6.92 Å². The molecule has 0 saturated carbocycles. The van der Waals surface area contributed by atoms with Gasteiger partial charge in [0.1, 0.15) is 0 Å². The van der Waals surface area contributed by atoms with Crippen LogP contribution < -0.4 is 5.32 Å². The van der Waals surface area contributed by atoms with Crippen LogP contribution in [0.2, 0.25) is 0 Å². The fraction of sp³-hybridized carbons (Fsp3) is 0.235. The summed E-state index contributed by atoms with van der Waals surface area (Å²) >= 11 is 0. The van der Waals surface area contributed by atoms with Gasteiger partial charge in [-0.25, -0.2) is 0 Å². The Bertz CT molecular complexity index is 631. The second kappa shape index (κ2) is 4.98. The molecule has 0 atom stereocenters. The van der Waals surface area contributed by atoms with E-state index < -0.39 is 0 Å². The number of nitrogens with one attached hydrogen (secondary N) is 1. The zero-order chi connectivity index (χ0) is 13.2. The zero-order valence-electron chi connectivity index (χ0n) is 11.1.